The molecule has 0 amide bonds. The average Bonchev–Trinajstić information content (AvgIpc) is 3.08. The van der Waals surface area contributed by atoms with E-state index in [1.807, 2.05) is 13.0 Å². The Bertz CT molecular complexity index is 923. The Balaban J connectivity index is 1.81. The van der Waals surface area contributed by atoms with Gasteiger partial charge in [-0.25, -0.2) is 8.42 Å². The van der Waals surface area contributed by atoms with E-state index in [2.05, 4.69) is 0 Å². The molecule has 1 saturated heterocycles. The summed E-state index contributed by atoms with van der Waals surface area (Å²) in [5, 5.41) is 0. The maximum absolute atomic E-state index is 13.0. The predicted octanol–water partition coefficient (Wildman–Crippen LogP) is 4.00. The number of methoxy groups -OCH3 is 1. The van der Waals surface area contributed by atoms with Gasteiger partial charge in [-0.1, -0.05) is 11.6 Å². The number of nitrogens with zero attached hydrogens (tertiary/aromatic N) is 1. The van der Waals surface area contributed by atoms with Gasteiger partial charge in [0.15, 0.2) is 5.78 Å². The fraction of sp³-hybridized carbons (Fsp3) is 0.389. The van der Waals surface area contributed by atoms with Gasteiger partial charge < -0.3 is 4.74 Å². The van der Waals surface area contributed by atoms with Crippen LogP contribution in [-0.4, -0.2) is 38.7 Å². The number of ether oxygens (including phenoxy) is 1. The van der Waals surface area contributed by atoms with E-state index >= 15 is 0 Å². The van der Waals surface area contributed by atoms with E-state index < -0.39 is 10.0 Å². The van der Waals surface area contributed by atoms with Gasteiger partial charge in [0, 0.05) is 24.6 Å². The largest absolute Gasteiger partial charge is 0.497 e. The number of hydrogen-bond acceptors (Lipinski definition) is 5. The van der Waals surface area contributed by atoms with Gasteiger partial charge in [-0.15, -0.1) is 11.3 Å². The van der Waals surface area contributed by atoms with Crippen LogP contribution >= 0.6 is 22.9 Å². The molecular weight excluding hydrogens is 394 g/mol. The number of carbonyl (C=O) groups is 1. The fourth-order valence-electron chi connectivity index (χ4n) is 3.20. The minimum atomic E-state index is -3.62. The minimum Gasteiger partial charge on any atom is -0.497 e. The lowest BCUT2D eigenvalue weighted by atomic mass is 9.89. The standard InChI is InChI=1S/C18H20ClNO4S2/c1-12-10-14(24-2)5-6-15(12)18(21)13-4-3-9-20(11-13)26(22,23)17-8-7-16(19)25-17/h5-8,10,13H,3-4,9,11H2,1-2H3/t13-/m1/s1. The van der Waals surface area contributed by atoms with E-state index in [0.717, 1.165) is 16.9 Å². The number of rotatable bonds is 5. The number of Topliss-reactive ketones (excluding diaryl/α,β-unsaturated/α-hetero) is 1. The van der Waals surface area contributed by atoms with Crippen molar-refractivity contribution in [3.05, 3.63) is 45.8 Å². The highest BCUT2D eigenvalue weighted by atomic mass is 35.5. The van der Waals surface area contributed by atoms with E-state index in [1.54, 1.807) is 25.3 Å². The van der Waals surface area contributed by atoms with Crippen molar-refractivity contribution in [2.45, 2.75) is 24.0 Å². The Kier molecular flexibility index (Phi) is 5.72. The first-order valence-electron chi connectivity index (χ1n) is 8.27. The van der Waals surface area contributed by atoms with Crippen molar-refractivity contribution in [3.63, 3.8) is 0 Å². The maximum Gasteiger partial charge on any atom is 0.252 e. The van der Waals surface area contributed by atoms with Gasteiger partial charge in [0.1, 0.15) is 9.96 Å². The Morgan fingerprint density at radius 1 is 1.31 bits per heavy atom. The molecule has 0 unspecified atom stereocenters. The SMILES string of the molecule is COc1ccc(C(=O)[C@@H]2CCCN(S(=O)(=O)c3ccc(Cl)s3)C2)c(C)c1. The van der Waals surface area contributed by atoms with Gasteiger partial charge in [0.25, 0.3) is 10.0 Å². The predicted molar refractivity (Wildman–Crippen MR) is 103 cm³/mol. The Hall–Kier alpha value is -1.41. The molecule has 0 saturated carbocycles. The number of ketones is 1. The Morgan fingerprint density at radius 2 is 2.08 bits per heavy atom. The molecule has 0 spiro atoms. The number of benzene rings is 1. The molecule has 0 radical (unpaired) electrons. The van der Waals surface area contributed by atoms with Crippen LogP contribution in [0.25, 0.3) is 0 Å². The fourth-order valence-corrected chi connectivity index (χ4v) is 6.36. The van der Waals surface area contributed by atoms with Crippen LogP contribution in [0.15, 0.2) is 34.5 Å². The summed E-state index contributed by atoms with van der Waals surface area (Å²) in [5.41, 5.74) is 1.45. The van der Waals surface area contributed by atoms with E-state index in [1.165, 1.54) is 10.4 Å². The summed E-state index contributed by atoms with van der Waals surface area (Å²) >= 11 is 6.92. The number of thiophene rings is 1. The molecule has 8 heteroatoms. The first-order chi connectivity index (χ1) is 12.3. The second kappa shape index (κ2) is 7.68. The second-order valence-corrected chi connectivity index (χ2v) is 10.2. The molecule has 140 valence electrons. The molecule has 26 heavy (non-hydrogen) atoms. The average molecular weight is 414 g/mol. The number of carbonyl (C=O) groups excluding carboxylic acids is 1. The van der Waals surface area contributed by atoms with Gasteiger partial charge in [0.05, 0.1) is 11.4 Å². The summed E-state index contributed by atoms with van der Waals surface area (Å²) in [6, 6.07) is 8.42. The third-order valence-electron chi connectivity index (χ3n) is 4.60. The first kappa shape index (κ1) is 19.4. The minimum absolute atomic E-state index is 0.0192. The molecule has 5 nitrogen and oxygen atoms in total. The zero-order chi connectivity index (χ0) is 18.9. The molecule has 2 aromatic rings. The van der Waals surface area contributed by atoms with Crippen molar-refractivity contribution in [3.8, 4) is 5.75 Å². The number of hydrogen-bond donors (Lipinski definition) is 0. The monoisotopic (exact) mass is 413 g/mol. The molecule has 1 aliphatic rings. The van der Waals surface area contributed by atoms with Gasteiger partial charge in [-0.2, -0.15) is 4.31 Å². The lowest BCUT2D eigenvalue weighted by Gasteiger charge is -2.31. The molecule has 2 heterocycles. The van der Waals surface area contributed by atoms with E-state index in [-0.39, 0.29) is 22.5 Å². The van der Waals surface area contributed by atoms with Gasteiger partial charge in [0.2, 0.25) is 0 Å². The van der Waals surface area contributed by atoms with Crippen molar-refractivity contribution >= 4 is 38.7 Å². The zero-order valence-electron chi connectivity index (χ0n) is 14.6. The molecule has 1 fully saturated rings. The highest BCUT2D eigenvalue weighted by Crippen LogP contribution is 2.32. The van der Waals surface area contributed by atoms with E-state index in [9.17, 15) is 13.2 Å². The third-order valence-corrected chi connectivity index (χ3v) is 8.16. The molecule has 1 atom stereocenters. The lowest BCUT2D eigenvalue weighted by molar-refractivity contribution is 0.0872. The van der Waals surface area contributed by atoms with Gasteiger partial charge in [-0.3, -0.25) is 4.79 Å². The third kappa shape index (κ3) is 3.81. The van der Waals surface area contributed by atoms with Crippen LogP contribution in [0, 0.1) is 12.8 Å². The van der Waals surface area contributed by atoms with Crippen molar-refractivity contribution in [2.75, 3.05) is 20.2 Å². The van der Waals surface area contributed by atoms with Crippen molar-refractivity contribution in [2.24, 2.45) is 5.92 Å². The molecule has 0 N–H and O–H groups in total. The smallest absolute Gasteiger partial charge is 0.252 e. The molecule has 0 aliphatic carbocycles. The summed E-state index contributed by atoms with van der Waals surface area (Å²) < 4.78 is 32.8. The van der Waals surface area contributed by atoms with Crippen molar-refractivity contribution < 1.29 is 17.9 Å². The highest BCUT2D eigenvalue weighted by molar-refractivity contribution is 7.91. The van der Waals surface area contributed by atoms with Crippen LogP contribution in [0.1, 0.15) is 28.8 Å². The number of piperidine rings is 1. The Labute approximate surface area is 162 Å². The number of aryl methyl sites for hydroxylation is 1. The van der Waals surface area contributed by atoms with Gasteiger partial charge in [-0.05, 0) is 55.7 Å². The lowest BCUT2D eigenvalue weighted by Crippen LogP contribution is -2.42. The summed E-state index contributed by atoms with van der Waals surface area (Å²) in [6.07, 6.45) is 1.34. The Morgan fingerprint density at radius 3 is 2.69 bits per heavy atom. The van der Waals surface area contributed by atoms with E-state index in [4.69, 9.17) is 16.3 Å². The quantitative estimate of drug-likeness (QED) is 0.695. The molecule has 1 aromatic carbocycles. The molecule has 3 rings (SSSR count). The summed E-state index contributed by atoms with van der Waals surface area (Å²) in [6.45, 7) is 2.48. The van der Waals surface area contributed by atoms with E-state index in [0.29, 0.717) is 35.0 Å². The topological polar surface area (TPSA) is 63.7 Å². The van der Waals surface area contributed by atoms with Crippen LogP contribution in [0.5, 0.6) is 5.75 Å². The highest BCUT2D eigenvalue weighted by Gasteiger charge is 2.34. The zero-order valence-corrected chi connectivity index (χ0v) is 17.0. The second-order valence-electron chi connectivity index (χ2n) is 6.31. The van der Waals surface area contributed by atoms with Crippen molar-refractivity contribution in [1.82, 2.24) is 4.31 Å². The maximum atomic E-state index is 13.0. The molecule has 1 aromatic heterocycles. The molecule has 0 bridgehead atoms. The first-order valence-corrected chi connectivity index (χ1v) is 10.9. The molecule has 1 aliphatic heterocycles. The normalized spacial score (nSPS) is 18.7. The summed E-state index contributed by atoms with van der Waals surface area (Å²) in [4.78, 5) is 13.0. The van der Waals surface area contributed by atoms with Crippen molar-refractivity contribution in [1.29, 1.82) is 0 Å². The van der Waals surface area contributed by atoms with Crippen LogP contribution < -0.4 is 4.74 Å². The number of halogens is 1. The van der Waals surface area contributed by atoms with Gasteiger partial charge >= 0.3 is 0 Å². The van der Waals surface area contributed by atoms with Crippen LogP contribution in [0.3, 0.4) is 0 Å². The summed E-state index contributed by atoms with van der Waals surface area (Å²) in [5.74, 6) is 0.330. The van der Waals surface area contributed by atoms with Crippen LogP contribution in [-0.2, 0) is 10.0 Å². The van der Waals surface area contributed by atoms with Crippen LogP contribution in [0.4, 0.5) is 0 Å². The molecular formula is C18H20ClNO4S2. The summed E-state index contributed by atoms with van der Waals surface area (Å²) in [7, 11) is -2.04. The van der Waals surface area contributed by atoms with Crippen LogP contribution in [0.2, 0.25) is 4.34 Å². The number of sulfonamides is 1.